The van der Waals surface area contributed by atoms with Crippen LogP contribution < -0.4 is 10.1 Å². The van der Waals surface area contributed by atoms with Gasteiger partial charge in [0.05, 0.1) is 6.61 Å². The number of benzene rings is 2. The Labute approximate surface area is 168 Å². The first kappa shape index (κ1) is 21.5. The summed E-state index contributed by atoms with van der Waals surface area (Å²) in [4.78, 5) is 14.8. The molecule has 1 heterocycles. The summed E-state index contributed by atoms with van der Waals surface area (Å²) in [6, 6.07) is 14.7. The predicted octanol–water partition coefficient (Wildman–Crippen LogP) is 4.41. The number of carbonyl (C=O) groups is 1. The lowest BCUT2D eigenvalue weighted by Crippen LogP contribution is -2.46. The number of piperidine rings is 1. The average molecular weight is 391 g/mol. The topological polar surface area (TPSA) is 41.6 Å². The van der Waals surface area contributed by atoms with E-state index in [9.17, 15) is 4.79 Å². The smallest absolute Gasteiger partial charge is 0.222 e. The maximum absolute atomic E-state index is 12.7. The minimum absolute atomic E-state index is 0. The third-order valence-corrected chi connectivity index (χ3v) is 5.08. The molecule has 148 valence electrons. The Morgan fingerprint density at radius 2 is 1.89 bits per heavy atom. The van der Waals surface area contributed by atoms with Crippen LogP contribution in [0.15, 0.2) is 42.5 Å². The molecule has 0 aromatic heterocycles. The monoisotopic (exact) mass is 390 g/mol. The molecule has 27 heavy (non-hydrogen) atoms. The second-order valence-corrected chi connectivity index (χ2v) is 7.00. The molecule has 1 amide bonds. The molecule has 0 radical (unpaired) electrons. The molecule has 3 rings (SSSR count). The molecule has 1 aliphatic heterocycles. The van der Waals surface area contributed by atoms with Gasteiger partial charge in [0, 0.05) is 24.4 Å². The van der Waals surface area contributed by atoms with Crippen LogP contribution in [0.1, 0.15) is 39.0 Å². The van der Waals surface area contributed by atoms with Gasteiger partial charge in [-0.1, -0.05) is 43.3 Å². The Balaban J connectivity index is 0.00000261. The van der Waals surface area contributed by atoms with Crippen LogP contribution in [0.5, 0.6) is 5.75 Å². The summed E-state index contributed by atoms with van der Waals surface area (Å²) in [7, 11) is 0. The molecule has 4 nitrogen and oxygen atoms in total. The summed E-state index contributed by atoms with van der Waals surface area (Å²) < 4.78 is 5.97. The molecule has 0 unspecified atom stereocenters. The quantitative estimate of drug-likeness (QED) is 0.679. The van der Waals surface area contributed by atoms with E-state index in [-0.39, 0.29) is 18.3 Å². The Morgan fingerprint density at radius 3 is 2.67 bits per heavy atom. The largest absolute Gasteiger partial charge is 0.493 e. The second kappa shape index (κ2) is 11.2. The minimum atomic E-state index is 0. The molecule has 0 spiro atoms. The zero-order valence-corrected chi connectivity index (χ0v) is 17.0. The normalized spacial score (nSPS) is 14.6. The van der Waals surface area contributed by atoms with Crippen molar-refractivity contribution in [1.82, 2.24) is 10.2 Å². The average Bonchev–Trinajstić information content (AvgIpc) is 2.70. The Kier molecular flexibility index (Phi) is 8.89. The van der Waals surface area contributed by atoms with Crippen LogP contribution in [-0.4, -0.2) is 43.1 Å². The molecule has 0 atom stereocenters. The first-order valence-electron chi connectivity index (χ1n) is 9.90. The van der Waals surface area contributed by atoms with Crippen molar-refractivity contribution in [2.45, 2.75) is 45.1 Å². The van der Waals surface area contributed by atoms with E-state index in [1.165, 1.54) is 5.39 Å². The van der Waals surface area contributed by atoms with Gasteiger partial charge in [0.2, 0.25) is 5.91 Å². The molecule has 0 bridgehead atoms. The van der Waals surface area contributed by atoms with E-state index in [0.29, 0.717) is 19.1 Å². The molecule has 0 aliphatic carbocycles. The zero-order valence-electron chi connectivity index (χ0n) is 16.2. The van der Waals surface area contributed by atoms with E-state index < -0.39 is 0 Å². The van der Waals surface area contributed by atoms with Crippen LogP contribution in [-0.2, 0) is 4.79 Å². The molecule has 1 N–H and O–H groups in total. The summed E-state index contributed by atoms with van der Waals surface area (Å²) in [5.41, 5.74) is 0. The van der Waals surface area contributed by atoms with Crippen LogP contribution in [0.25, 0.3) is 10.8 Å². The number of hydrogen-bond donors (Lipinski definition) is 1. The summed E-state index contributed by atoms with van der Waals surface area (Å²) in [6.07, 6.45) is 4.47. The van der Waals surface area contributed by atoms with Gasteiger partial charge in [-0.05, 0) is 50.2 Å². The number of ether oxygens (including phenoxy) is 1. The van der Waals surface area contributed by atoms with E-state index in [4.69, 9.17) is 4.74 Å². The molecule has 1 aliphatic rings. The van der Waals surface area contributed by atoms with Crippen LogP contribution in [0.3, 0.4) is 0 Å². The number of rotatable bonds is 8. The van der Waals surface area contributed by atoms with Crippen LogP contribution >= 0.6 is 12.4 Å². The van der Waals surface area contributed by atoms with Crippen LogP contribution in [0, 0.1) is 0 Å². The van der Waals surface area contributed by atoms with Crippen molar-refractivity contribution >= 4 is 29.1 Å². The van der Waals surface area contributed by atoms with Crippen molar-refractivity contribution in [3.63, 3.8) is 0 Å². The molecule has 2 aromatic carbocycles. The van der Waals surface area contributed by atoms with Crippen molar-refractivity contribution in [2.24, 2.45) is 0 Å². The van der Waals surface area contributed by atoms with E-state index in [0.717, 1.165) is 56.5 Å². The molecular weight excluding hydrogens is 360 g/mol. The maximum Gasteiger partial charge on any atom is 0.222 e. The van der Waals surface area contributed by atoms with Gasteiger partial charge in [-0.3, -0.25) is 4.79 Å². The lowest BCUT2D eigenvalue weighted by atomic mass is 10.0. The van der Waals surface area contributed by atoms with Gasteiger partial charge >= 0.3 is 0 Å². The Morgan fingerprint density at radius 1 is 1.15 bits per heavy atom. The molecular formula is C22H31ClN2O2. The fourth-order valence-corrected chi connectivity index (χ4v) is 3.74. The van der Waals surface area contributed by atoms with E-state index in [2.05, 4.69) is 35.3 Å². The first-order valence-corrected chi connectivity index (χ1v) is 9.90. The summed E-state index contributed by atoms with van der Waals surface area (Å²) >= 11 is 0. The number of amides is 1. The van der Waals surface area contributed by atoms with Crippen molar-refractivity contribution in [1.29, 1.82) is 0 Å². The summed E-state index contributed by atoms with van der Waals surface area (Å²) in [6.45, 7) is 5.62. The highest BCUT2D eigenvalue weighted by atomic mass is 35.5. The lowest BCUT2D eigenvalue weighted by molar-refractivity contribution is -0.134. The summed E-state index contributed by atoms with van der Waals surface area (Å²) in [5.74, 6) is 1.18. The van der Waals surface area contributed by atoms with E-state index in [1.54, 1.807) is 0 Å². The van der Waals surface area contributed by atoms with E-state index in [1.807, 2.05) is 24.3 Å². The maximum atomic E-state index is 12.7. The van der Waals surface area contributed by atoms with Gasteiger partial charge in [0.25, 0.3) is 0 Å². The molecule has 1 fully saturated rings. The Bertz CT molecular complexity index is 711. The van der Waals surface area contributed by atoms with Gasteiger partial charge in [0.1, 0.15) is 5.75 Å². The lowest BCUT2D eigenvalue weighted by Gasteiger charge is -2.34. The minimum Gasteiger partial charge on any atom is -0.493 e. The standard InChI is InChI=1S/C22H30N2O2.ClH/c1-2-16-24(19-12-14-23-15-13-19)22(25)11-6-17-26-21-10-5-8-18-7-3-4-9-20(18)21;/h3-5,7-10,19,23H,2,6,11-17H2,1H3;1H. The number of halogens is 1. The van der Waals surface area contributed by atoms with Gasteiger partial charge in [-0.2, -0.15) is 0 Å². The van der Waals surface area contributed by atoms with Gasteiger partial charge in [0.15, 0.2) is 0 Å². The third kappa shape index (κ3) is 5.85. The summed E-state index contributed by atoms with van der Waals surface area (Å²) in [5, 5.41) is 5.69. The molecule has 0 saturated carbocycles. The highest BCUT2D eigenvalue weighted by Crippen LogP contribution is 2.25. The predicted molar refractivity (Wildman–Crippen MR) is 114 cm³/mol. The SMILES string of the molecule is CCCN(C(=O)CCCOc1cccc2ccccc12)C1CCNCC1.Cl. The van der Waals surface area contributed by atoms with Crippen LogP contribution in [0.4, 0.5) is 0 Å². The first-order chi connectivity index (χ1) is 12.8. The highest BCUT2D eigenvalue weighted by molar-refractivity contribution is 5.88. The van der Waals surface area contributed by atoms with Crippen molar-refractivity contribution in [3.05, 3.63) is 42.5 Å². The number of carbonyl (C=O) groups excluding carboxylic acids is 1. The van der Waals surface area contributed by atoms with Crippen molar-refractivity contribution in [2.75, 3.05) is 26.2 Å². The van der Waals surface area contributed by atoms with Gasteiger partial charge in [-0.15, -0.1) is 12.4 Å². The number of hydrogen-bond acceptors (Lipinski definition) is 3. The van der Waals surface area contributed by atoms with Crippen LogP contribution in [0.2, 0.25) is 0 Å². The molecule has 5 heteroatoms. The highest BCUT2D eigenvalue weighted by Gasteiger charge is 2.24. The fraction of sp³-hybridized carbons (Fsp3) is 0.500. The van der Waals surface area contributed by atoms with Crippen molar-refractivity contribution in [3.8, 4) is 5.75 Å². The number of nitrogens with one attached hydrogen (secondary N) is 1. The van der Waals surface area contributed by atoms with Gasteiger partial charge < -0.3 is 15.0 Å². The third-order valence-electron chi connectivity index (χ3n) is 5.08. The zero-order chi connectivity index (χ0) is 18.2. The van der Waals surface area contributed by atoms with Crippen molar-refractivity contribution < 1.29 is 9.53 Å². The molecule has 1 saturated heterocycles. The molecule has 2 aromatic rings. The Hall–Kier alpha value is -1.78. The number of nitrogens with zero attached hydrogens (tertiary/aromatic N) is 1. The second-order valence-electron chi connectivity index (χ2n) is 7.00. The number of fused-ring (bicyclic) bond motifs is 1. The fourth-order valence-electron chi connectivity index (χ4n) is 3.74. The van der Waals surface area contributed by atoms with E-state index >= 15 is 0 Å². The van der Waals surface area contributed by atoms with Gasteiger partial charge in [-0.25, -0.2) is 0 Å².